The fraction of sp³-hybridized carbons (Fsp3) is 1.00. The summed E-state index contributed by atoms with van der Waals surface area (Å²) in [5.41, 5.74) is 0. The molecule has 0 aromatic carbocycles. The summed E-state index contributed by atoms with van der Waals surface area (Å²) in [6, 6.07) is 0. The van der Waals surface area contributed by atoms with E-state index < -0.39 is 0 Å². The summed E-state index contributed by atoms with van der Waals surface area (Å²) < 4.78 is 10.9. The van der Waals surface area contributed by atoms with E-state index in [0.29, 0.717) is 6.61 Å². The SMILES string of the molecule is CCNCC(COC)OCCC1CC1. The number of likely N-dealkylation sites (N-methyl/N-ethyl adjacent to an activating group) is 1. The van der Waals surface area contributed by atoms with Crippen LogP contribution >= 0.6 is 0 Å². The molecule has 3 heteroatoms. The summed E-state index contributed by atoms with van der Waals surface area (Å²) in [5, 5.41) is 3.28. The molecular weight excluding hydrogens is 178 g/mol. The fourth-order valence-corrected chi connectivity index (χ4v) is 1.47. The van der Waals surface area contributed by atoms with Crippen LogP contribution in [-0.2, 0) is 9.47 Å². The lowest BCUT2D eigenvalue weighted by atomic mass is 10.3. The summed E-state index contributed by atoms with van der Waals surface area (Å²) in [6.45, 7) is 5.58. The molecule has 3 nitrogen and oxygen atoms in total. The van der Waals surface area contributed by atoms with Gasteiger partial charge in [0.05, 0.1) is 12.7 Å². The first-order valence-corrected chi connectivity index (χ1v) is 5.68. The Labute approximate surface area is 87.2 Å². The van der Waals surface area contributed by atoms with Crippen LogP contribution in [0.4, 0.5) is 0 Å². The average molecular weight is 201 g/mol. The van der Waals surface area contributed by atoms with E-state index in [1.165, 1.54) is 19.3 Å². The Morgan fingerprint density at radius 2 is 2.21 bits per heavy atom. The Bertz CT molecular complexity index is 137. The highest BCUT2D eigenvalue weighted by Crippen LogP contribution is 2.32. The maximum absolute atomic E-state index is 5.75. The van der Waals surface area contributed by atoms with Crippen LogP contribution in [0.25, 0.3) is 0 Å². The van der Waals surface area contributed by atoms with Gasteiger partial charge in [-0.25, -0.2) is 0 Å². The molecule has 14 heavy (non-hydrogen) atoms. The van der Waals surface area contributed by atoms with Gasteiger partial charge in [-0.2, -0.15) is 0 Å². The molecule has 1 N–H and O–H groups in total. The lowest BCUT2D eigenvalue weighted by Gasteiger charge is -2.17. The van der Waals surface area contributed by atoms with Crippen molar-refractivity contribution in [2.24, 2.45) is 5.92 Å². The van der Waals surface area contributed by atoms with Crippen LogP contribution in [0.1, 0.15) is 26.2 Å². The molecule has 0 amide bonds. The predicted octanol–water partition coefficient (Wildman–Crippen LogP) is 1.43. The summed E-state index contributed by atoms with van der Waals surface area (Å²) in [7, 11) is 1.73. The second kappa shape index (κ2) is 7.21. The topological polar surface area (TPSA) is 30.5 Å². The molecule has 0 aromatic rings. The van der Waals surface area contributed by atoms with E-state index >= 15 is 0 Å². The van der Waals surface area contributed by atoms with Gasteiger partial charge < -0.3 is 14.8 Å². The number of nitrogens with one attached hydrogen (secondary N) is 1. The van der Waals surface area contributed by atoms with Crippen LogP contribution in [0.3, 0.4) is 0 Å². The lowest BCUT2D eigenvalue weighted by molar-refractivity contribution is -0.00292. The van der Waals surface area contributed by atoms with Crippen LogP contribution in [0.2, 0.25) is 0 Å². The number of ether oxygens (including phenoxy) is 2. The van der Waals surface area contributed by atoms with Crippen LogP contribution in [0.5, 0.6) is 0 Å². The normalized spacial score (nSPS) is 18.4. The first-order chi connectivity index (χ1) is 6.86. The Morgan fingerprint density at radius 1 is 1.43 bits per heavy atom. The van der Waals surface area contributed by atoms with Gasteiger partial charge in [-0.3, -0.25) is 0 Å². The zero-order valence-electron chi connectivity index (χ0n) is 9.42. The Hall–Kier alpha value is -0.120. The Kier molecular flexibility index (Phi) is 6.15. The molecule has 1 aliphatic carbocycles. The number of methoxy groups -OCH3 is 1. The first kappa shape index (κ1) is 12.0. The molecule has 1 aliphatic rings. The smallest absolute Gasteiger partial charge is 0.0932 e. The summed E-state index contributed by atoms with van der Waals surface area (Å²) >= 11 is 0. The van der Waals surface area contributed by atoms with Crippen molar-refractivity contribution in [2.75, 3.05) is 33.4 Å². The summed E-state index contributed by atoms with van der Waals surface area (Å²) in [5.74, 6) is 0.956. The van der Waals surface area contributed by atoms with Gasteiger partial charge in [0.2, 0.25) is 0 Å². The van der Waals surface area contributed by atoms with Gasteiger partial charge in [0.15, 0.2) is 0 Å². The van der Waals surface area contributed by atoms with Crippen molar-refractivity contribution in [3.8, 4) is 0 Å². The van der Waals surface area contributed by atoms with Gasteiger partial charge in [0.25, 0.3) is 0 Å². The molecule has 0 saturated heterocycles. The summed E-state index contributed by atoms with van der Waals surface area (Å²) in [6.07, 6.45) is 4.27. The third-order valence-electron chi connectivity index (χ3n) is 2.55. The van der Waals surface area contributed by atoms with Crippen molar-refractivity contribution in [2.45, 2.75) is 32.3 Å². The highest BCUT2D eigenvalue weighted by atomic mass is 16.5. The van der Waals surface area contributed by atoms with Crippen molar-refractivity contribution in [3.05, 3.63) is 0 Å². The van der Waals surface area contributed by atoms with E-state index in [-0.39, 0.29) is 6.10 Å². The van der Waals surface area contributed by atoms with Gasteiger partial charge in [-0.05, 0) is 18.9 Å². The highest BCUT2D eigenvalue weighted by Gasteiger charge is 2.21. The Morgan fingerprint density at radius 3 is 2.79 bits per heavy atom. The molecule has 0 radical (unpaired) electrons. The van der Waals surface area contributed by atoms with Crippen LogP contribution in [-0.4, -0.2) is 39.5 Å². The molecule has 0 heterocycles. The van der Waals surface area contributed by atoms with Gasteiger partial charge in [0, 0.05) is 20.3 Å². The van der Waals surface area contributed by atoms with E-state index in [0.717, 1.165) is 25.6 Å². The van der Waals surface area contributed by atoms with Crippen molar-refractivity contribution < 1.29 is 9.47 Å². The second-order valence-electron chi connectivity index (χ2n) is 3.99. The van der Waals surface area contributed by atoms with Crippen LogP contribution in [0, 0.1) is 5.92 Å². The van der Waals surface area contributed by atoms with Gasteiger partial charge in [-0.1, -0.05) is 19.8 Å². The minimum absolute atomic E-state index is 0.221. The van der Waals surface area contributed by atoms with Crippen LogP contribution < -0.4 is 5.32 Å². The summed E-state index contributed by atoms with van der Waals surface area (Å²) in [4.78, 5) is 0. The number of hydrogen-bond donors (Lipinski definition) is 1. The monoisotopic (exact) mass is 201 g/mol. The van der Waals surface area contributed by atoms with Crippen molar-refractivity contribution in [3.63, 3.8) is 0 Å². The molecule has 0 aliphatic heterocycles. The molecule has 0 spiro atoms. The minimum atomic E-state index is 0.221. The number of rotatable bonds is 9. The predicted molar refractivity (Wildman–Crippen MR) is 57.5 cm³/mol. The van der Waals surface area contributed by atoms with E-state index in [2.05, 4.69) is 12.2 Å². The molecule has 84 valence electrons. The third-order valence-corrected chi connectivity index (χ3v) is 2.55. The zero-order chi connectivity index (χ0) is 10.2. The van der Waals surface area contributed by atoms with Gasteiger partial charge in [-0.15, -0.1) is 0 Å². The van der Waals surface area contributed by atoms with E-state index in [1.54, 1.807) is 7.11 Å². The Balaban J connectivity index is 1.99. The van der Waals surface area contributed by atoms with Gasteiger partial charge >= 0.3 is 0 Å². The zero-order valence-corrected chi connectivity index (χ0v) is 9.42. The molecule has 1 fully saturated rings. The van der Waals surface area contributed by atoms with Crippen molar-refractivity contribution in [1.29, 1.82) is 0 Å². The van der Waals surface area contributed by atoms with Gasteiger partial charge in [0.1, 0.15) is 0 Å². The fourth-order valence-electron chi connectivity index (χ4n) is 1.47. The lowest BCUT2D eigenvalue weighted by Crippen LogP contribution is -2.32. The quantitative estimate of drug-likeness (QED) is 0.612. The molecule has 1 rings (SSSR count). The molecule has 0 aromatic heterocycles. The maximum atomic E-state index is 5.75. The first-order valence-electron chi connectivity index (χ1n) is 5.68. The van der Waals surface area contributed by atoms with Crippen molar-refractivity contribution in [1.82, 2.24) is 5.32 Å². The molecule has 0 bridgehead atoms. The standard InChI is InChI=1S/C11H23NO2/c1-3-12-8-11(9-13-2)14-7-6-10-4-5-10/h10-12H,3-9H2,1-2H3. The van der Waals surface area contributed by atoms with Crippen LogP contribution in [0.15, 0.2) is 0 Å². The van der Waals surface area contributed by atoms with Crippen molar-refractivity contribution >= 4 is 0 Å². The minimum Gasteiger partial charge on any atom is -0.382 e. The average Bonchev–Trinajstić information content (AvgIpc) is 2.98. The molecule has 1 unspecified atom stereocenters. The van der Waals surface area contributed by atoms with E-state index in [4.69, 9.17) is 9.47 Å². The van der Waals surface area contributed by atoms with E-state index in [1.807, 2.05) is 0 Å². The maximum Gasteiger partial charge on any atom is 0.0932 e. The largest absolute Gasteiger partial charge is 0.382 e. The highest BCUT2D eigenvalue weighted by molar-refractivity contribution is 4.72. The third kappa shape index (κ3) is 5.58. The number of hydrogen-bond acceptors (Lipinski definition) is 3. The molecular formula is C11H23NO2. The second-order valence-corrected chi connectivity index (χ2v) is 3.99. The molecule has 1 atom stereocenters. The van der Waals surface area contributed by atoms with E-state index in [9.17, 15) is 0 Å². The molecule has 1 saturated carbocycles.